The zero-order valence-corrected chi connectivity index (χ0v) is 11.9. The molecular weight excluding hydrogens is 270 g/mol. The summed E-state index contributed by atoms with van der Waals surface area (Å²) in [5.41, 5.74) is 0.242. The van der Waals surface area contributed by atoms with Gasteiger partial charge >= 0.3 is 5.97 Å². The van der Waals surface area contributed by atoms with Crippen molar-refractivity contribution >= 4 is 11.9 Å². The minimum atomic E-state index is -1.25. The first kappa shape index (κ1) is 15.5. The van der Waals surface area contributed by atoms with Gasteiger partial charge in [-0.15, -0.1) is 0 Å². The van der Waals surface area contributed by atoms with Gasteiger partial charge in [0.05, 0.1) is 12.0 Å². The summed E-state index contributed by atoms with van der Waals surface area (Å²) in [5, 5.41) is 20.6. The fraction of sp³-hybridized carbons (Fsp3) is 0.500. The van der Waals surface area contributed by atoms with E-state index in [1.165, 1.54) is 0 Å². The molecule has 1 aromatic rings. The lowest BCUT2D eigenvalue weighted by molar-refractivity contribution is -0.144. The Hall–Kier alpha value is -1.88. The summed E-state index contributed by atoms with van der Waals surface area (Å²) in [6.45, 7) is -0.605. The summed E-state index contributed by atoms with van der Waals surface area (Å²) in [6, 6.07) is 8.25. The van der Waals surface area contributed by atoms with Crippen LogP contribution in [0.3, 0.4) is 0 Å². The van der Waals surface area contributed by atoms with Gasteiger partial charge in [0.2, 0.25) is 5.91 Å². The fourth-order valence-electron chi connectivity index (χ4n) is 3.04. The topological polar surface area (TPSA) is 86.6 Å². The predicted octanol–water partition coefficient (Wildman–Crippen LogP) is 1.45. The van der Waals surface area contributed by atoms with Gasteiger partial charge in [0.25, 0.3) is 0 Å². The van der Waals surface area contributed by atoms with E-state index in [-0.39, 0.29) is 5.91 Å². The van der Waals surface area contributed by atoms with Crippen LogP contribution in [0.4, 0.5) is 0 Å². The van der Waals surface area contributed by atoms with Gasteiger partial charge in [0.1, 0.15) is 6.04 Å². The molecule has 21 heavy (non-hydrogen) atoms. The van der Waals surface area contributed by atoms with Gasteiger partial charge in [-0.25, -0.2) is 4.79 Å². The van der Waals surface area contributed by atoms with Crippen LogP contribution in [0.25, 0.3) is 0 Å². The van der Waals surface area contributed by atoms with E-state index in [2.05, 4.69) is 5.32 Å². The summed E-state index contributed by atoms with van der Waals surface area (Å²) in [4.78, 5) is 23.7. The second-order valence-corrected chi connectivity index (χ2v) is 5.56. The molecule has 1 fully saturated rings. The molecule has 114 valence electrons. The fourth-order valence-corrected chi connectivity index (χ4v) is 3.04. The number of aliphatic carboxylic acids is 1. The normalized spacial score (nSPS) is 18.7. The number of aliphatic hydroxyl groups excluding tert-OH is 1. The summed E-state index contributed by atoms with van der Waals surface area (Å²) < 4.78 is 0. The zero-order chi connectivity index (χ0) is 15.3. The number of rotatable bonds is 5. The Morgan fingerprint density at radius 2 is 1.76 bits per heavy atom. The number of benzene rings is 1. The molecule has 0 radical (unpaired) electrons. The summed E-state index contributed by atoms with van der Waals surface area (Å²) in [7, 11) is 0. The van der Waals surface area contributed by atoms with Crippen molar-refractivity contribution in [1.29, 1.82) is 0 Å². The van der Waals surface area contributed by atoms with E-state index < -0.39 is 24.0 Å². The van der Waals surface area contributed by atoms with Crippen LogP contribution in [0.15, 0.2) is 30.3 Å². The van der Waals surface area contributed by atoms with Crippen LogP contribution in [-0.4, -0.2) is 34.7 Å². The first-order valence-corrected chi connectivity index (χ1v) is 7.30. The molecular formula is C16H21NO4. The molecule has 2 rings (SSSR count). The van der Waals surface area contributed by atoms with Crippen molar-refractivity contribution in [3.8, 4) is 0 Å². The lowest BCUT2D eigenvalue weighted by Gasteiger charge is -2.37. The van der Waals surface area contributed by atoms with Crippen LogP contribution in [0.2, 0.25) is 0 Å². The Bertz CT molecular complexity index is 494. The second-order valence-electron chi connectivity index (χ2n) is 5.56. The molecule has 1 amide bonds. The van der Waals surface area contributed by atoms with E-state index in [9.17, 15) is 9.59 Å². The molecule has 0 aromatic heterocycles. The number of nitrogens with one attached hydrogen (secondary N) is 1. The average molecular weight is 291 g/mol. The molecule has 0 bridgehead atoms. The first-order valence-electron chi connectivity index (χ1n) is 7.30. The molecule has 0 spiro atoms. The third-order valence-corrected chi connectivity index (χ3v) is 4.25. The molecule has 0 saturated heterocycles. The zero-order valence-electron chi connectivity index (χ0n) is 11.9. The highest BCUT2D eigenvalue weighted by Gasteiger charge is 2.42. The van der Waals surface area contributed by atoms with Crippen LogP contribution >= 0.6 is 0 Å². The molecule has 1 saturated carbocycles. The quantitative estimate of drug-likeness (QED) is 0.766. The third-order valence-electron chi connectivity index (χ3n) is 4.25. The van der Waals surface area contributed by atoms with Gasteiger partial charge in [-0.1, -0.05) is 49.6 Å². The lowest BCUT2D eigenvalue weighted by Crippen LogP contribution is -2.52. The molecule has 5 nitrogen and oxygen atoms in total. The van der Waals surface area contributed by atoms with Gasteiger partial charge in [-0.3, -0.25) is 4.79 Å². The monoisotopic (exact) mass is 291 g/mol. The van der Waals surface area contributed by atoms with Crippen molar-refractivity contribution in [2.24, 2.45) is 0 Å². The highest BCUT2D eigenvalue weighted by atomic mass is 16.4. The standard InChI is InChI=1S/C16H21NO4/c18-11-13(14(19)20)17-15(21)16(9-5-2-6-10-16)12-7-3-1-4-8-12/h1,3-4,7-8,13,18H,2,5-6,9-11H2,(H,17,21)(H,19,20)/t13-/m0/s1. The van der Waals surface area contributed by atoms with E-state index in [1.54, 1.807) is 0 Å². The van der Waals surface area contributed by atoms with Crippen molar-refractivity contribution < 1.29 is 19.8 Å². The van der Waals surface area contributed by atoms with E-state index in [4.69, 9.17) is 10.2 Å². The van der Waals surface area contributed by atoms with Gasteiger partial charge in [0.15, 0.2) is 0 Å². The van der Waals surface area contributed by atoms with Crippen LogP contribution in [0, 0.1) is 0 Å². The third kappa shape index (κ3) is 3.24. The summed E-state index contributed by atoms with van der Waals surface area (Å²) in [5.74, 6) is -1.51. The van der Waals surface area contributed by atoms with Gasteiger partial charge < -0.3 is 15.5 Å². The molecule has 1 atom stereocenters. The van der Waals surface area contributed by atoms with Gasteiger partial charge in [-0.2, -0.15) is 0 Å². The Labute approximate surface area is 124 Å². The highest BCUT2D eigenvalue weighted by Crippen LogP contribution is 2.39. The molecule has 1 aliphatic rings. The van der Waals surface area contributed by atoms with Crippen molar-refractivity contribution in [2.75, 3.05) is 6.61 Å². The Kier molecular flexibility index (Phi) is 4.96. The number of hydrogen-bond acceptors (Lipinski definition) is 3. The second kappa shape index (κ2) is 6.72. The molecule has 3 N–H and O–H groups in total. The number of hydrogen-bond donors (Lipinski definition) is 3. The maximum Gasteiger partial charge on any atom is 0.328 e. The smallest absolute Gasteiger partial charge is 0.328 e. The van der Waals surface area contributed by atoms with Crippen LogP contribution in [0.1, 0.15) is 37.7 Å². The van der Waals surface area contributed by atoms with Crippen molar-refractivity contribution in [2.45, 2.75) is 43.6 Å². The van der Waals surface area contributed by atoms with E-state index in [0.717, 1.165) is 24.8 Å². The lowest BCUT2D eigenvalue weighted by atomic mass is 9.68. The minimum absolute atomic E-state index is 0.296. The summed E-state index contributed by atoms with van der Waals surface area (Å²) >= 11 is 0. The molecule has 0 unspecified atom stereocenters. The number of carboxylic acid groups (broad SMARTS) is 1. The molecule has 1 aromatic carbocycles. The van der Waals surface area contributed by atoms with Gasteiger partial charge in [0, 0.05) is 0 Å². The van der Waals surface area contributed by atoms with Crippen LogP contribution < -0.4 is 5.32 Å². The van der Waals surface area contributed by atoms with Gasteiger partial charge in [-0.05, 0) is 18.4 Å². The number of carbonyl (C=O) groups is 2. The maximum absolute atomic E-state index is 12.7. The van der Waals surface area contributed by atoms with E-state index in [0.29, 0.717) is 12.8 Å². The highest BCUT2D eigenvalue weighted by molar-refractivity contribution is 5.91. The van der Waals surface area contributed by atoms with Crippen LogP contribution in [-0.2, 0) is 15.0 Å². The minimum Gasteiger partial charge on any atom is -0.480 e. The van der Waals surface area contributed by atoms with Crippen molar-refractivity contribution in [1.82, 2.24) is 5.32 Å². The molecule has 1 aliphatic carbocycles. The number of aliphatic hydroxyl groups is 1. The number of amides is 1. The number of carboxylic acids is 1. The number of carbonyl (C=O) groups excluding carboxylic acids is 1. The largest absolute Gasteiger partial charge is 0.480 e. The van der Waals surface area contributed by atoms with Crippen molar-refractivity contribution in [3.63, 3.8) is 0 Å². The molecule has 5 heteroatoms. The Balaban J connectivity index is 2.28. The van der Waals surface area contributed by atoms with Crippen LogP contribution in [0.5, 0.6) is 0 Å². The molecule has 0 heterocycles. The SMILES string of the molecule is O=C(O)[C@H](CO)NC(=O)C1(c2ccccc2)CCCCC1. The molecule has 0 aliphatic heterocycles. The summed E-state index contributed by atoms with van der Waals surface area (Å²) in [6.07, 6.45) is 4.39. The van der Waals surface area contributed by atoms with E-state index in [1.807, 2.05) is 30.3 Å². The average Bonchev–Trinajstić information content (AvgIpc) is 2.53. The van der Waals surface area contributed by atoms with E-state index >= 15 is 0 Å². The predicted molar refractivity (Wildman–Crippen MR) is 77.9 cm³/mol. The van der Waals surface area contributed by atoms with Crippen molar-refractivity contribution in [3.05, 3.63) is 35.9 Å². The maximum atomic E-state index is 12.7. The Morgan fingerprint density at radius 3 is 2.29 bits per heavy atom. The Morgan fingerprint density at radius 1 is 1.14 bits per heavy atom. The first-order chi connectivity index (χ1) is 10.1.